The van der Waals surface area contributed by atoms with E-state index < -0.39 is 5.97 Å². The Kier molecular flexibility index (Phi) is 6.24. The quantitative estimate of drug-likeness (QED) is 0.554. The fourth-order valence-corrected chi connectivity index (χ4v) is 2.50. The van der Waals surface area contributed by atoms with Crippen LogP contribution in [0, 0.1) is 12.0 Å². The lowest BCUT2D eigenvalue weighted by Gasteiger charge is -2.23. The van der Waals surface area contributed by atoms with Crippen LogP contribution in [0.25, 0.3) is 0 Å². The maximum atomic E-state index is 11.9. The van der Waals surface area contributed by atoms with E-state index in [2.05, 4.69) is 13.8 Å². The molecule has 0 bridgehead atoms. The summed E-state index contributed by atoms with van der Waals surface area (Å²) in [6, 6.07) is 7.60. The third kappa shape index (κ3) is 5.16. The van der Waals surface area contributed by atoms with Crippen LogP contribution in [0.2, 0.25) is 0 Å². The molecule has 3 heteroatoms. The lowest BCUT2D eigenvalue weighted by atomic mass is 9.89. The number of hydrogen-bond donors (Lipinski definition) is 0. The summed E-state index contributed by atoms with van der Waals surface area (Å²) in [6.45, 7) is 4.41. The van der Waals surface area contributed by atoms with E-state index in [0.717, 1.165) is 44.1 Å². The van der Waals surface area contributed by atoms with E-state index >= 15 is 0 Å². The highest BCUT2D eigenvalue weighted by Crippen LogP contribution is 2.30. The predicted molar refractivity (Wildman–Crippen MR) is 82.4 cm³/mol. The fourth-order valence-electron chi connectivity index (χ4n) is 2.50. The highest BCUT2D eigenvalue weighted by atomic mass is 17.2. The molecule has 0 atom stereocenters. The minimum Gasteiger partial charge on any atom is -0.292 e. The molecule has 0 heterocycles. The number of unbranched alkanes of at least 4 members (excludes halogenated alkanes) is 1. The van der Waals surface area contributed by atoms with Crippen LogP contribution >= 0.6 is 0 Å². The second kappa shape index (κ2) is 8.18. The fraction of sp³-hybridized carbons (Fsp3) is 0.556. The number of benzene rings is 1. The smallest absolute Gasteiger partial charge is 0.292 e. The van der Waals surface area contributed by atoms with E-state index in [1.807, 2.05) is 24.3 Å². The maximum absolute atomic E-state index is 11.9. The number of hydrogen-bond acceptors (Lipinski definition) is 3. The van der Waals surface area contributed by atoms with Gasteiger partial charge in [-0.3, -0.25) is 4.89 Å². The number of carbonyl (C=O) groups excluding carboxylic acids is 1. The third-order valence-electron chi connectivity index (χ3n) is 4.08. The minimum absolute atomic E-state index is 0.414. The second-order valence-electron chi connectivity index (χ2n) is 5.98. The molecule has 1 aromatic rings. The first kappa shape index (κ1) is 16.0. The highest BCUT2D eigenvalue weighted by molar-refractivity contribution is 5.88. The summed E-state index contributed by atoms with van der Waals surface area (Å²) in [7, 11) is 0. The van der Waals surface area contributed by atoms with E-state index in [1.54, 1.807) is 0 Å². The summed E-state index contributed by atoms with van der Waals surface area (Å²) in [4.78, 5) is 22.1. The lowest BCUT2D eigenvalue weighted by Crippen LogP contribution is -2.16. The van der Waals surface area contributed by atoms with Crippen LogP contribution in [0.3, 0.4) is 0 Å². The zero-order chi connectivity index (χ0) is 15.1. The largest absolute Gasteiger partial charge is 0.373 e. The van der Waals surface area contributed by atoms with Crippen molar-refractivity contribution in [1.82, 2.24) is 0 Å². The van der Waals surface area contributed by atoms with Gasteiger partial charge in [-0.2, -0.15) is 4.89 Å². The van der Waals surface area contributed by atoms with Crippen molar-refractivity contribution in [2.75, 3.05) is 0 Å². The molecule has 1 fully saturated rings. The molecule has 1 saturated carbocycles. The summed E-state index contributed by atoms with van der Waals surface area (Å²) in [5.41, 5.74) is 1.80. The van der Waals surface area contributed by atoms with Crippen LogP contribution < -0.4 is 0 Å². The molecule has 1 aromatic carbocycles. The van der Waals surface area contributed by atoms with Crippen LogP contribution in [-0.2, 0) is 16.2 Å². The van der Waals surface area contributed by atoms with Crippen LogP contribution in [-0.4, -0.2) is 5.97 Å². The van der Waals surface area contributed by atoms with Gasteiger partial charge >= 0.3 is 5.97 Å². The molecule has 0 spiro atoms. The van der Waals surface area contributed by atoms with Crippen LogP contribution in [0.1, 0.15) is 68.3 Å². The Morgan fingerprint density at radius 1 is 1.19 bits per heavy atom. The normalized spacial score (nSPS) is 16.9. The minimum atomic E-state index is -0.414. The predicted octanol–water partition coefficient (Wildman–Crippen LogP) is 4.86. The van der Waals surface area contributed by atoms with Gasteiger partial charge in [0.1, 0.15) is 6.10 Å². The molecule has 115 valence electrons. The van der Waals surface area contributed by atoms with Crippen molar-refractivity contribution < 1.29 is 14.6 Å². The average molecular weight is 289 g/mol. The molecule has 0 aromatic heterocycles. The van der Waals surface area contributed by atoms with Gasteiger partial charge in [0.2, 0.25) is 0 Å². The molecule has 2 rings (SSSR count). The Bertz CT molecular complexity index is 430. The highest BCUT2D eigenvalue weighted by Gasteiger charge is 2.22. The SMILES string of the molecule is CCCCc1ccc(C(=O)OO[C]2CCC(C)CC2)cc1. The monoisotopic (exact) mass is 289 g/mol. The molecule has 0 N–H and O–H groups in total. The summed E-state index contributed by atoms with van der Waals surface area (Å²) in [5.74, 6) is 0.326. The van der Waals surface area contributed by atoms with Gasteiger partial charge in [-0.25, -0.2) is 4.79 Å². The Morgan fingerprint density at radius 2 is 1.86 bits per heavy atom. The van der Waals surface area contributed by atoms with E-state index in [9.17, 15) is 4.79 Å². The molecular weight excluding hydrogens is 264 g/mol. The summed E-state index contributed by atoms with van der Waals surface area (Å²) >= 11 is 0. The number of rotatable bonds is 6. The molecule has 1 aliphatic rings. The zero-order valence-corrected chi connectivity index (χ0v) is 13.1. The van der Waals surface area contributed by atoms with Gasteiger partial charge in [-0.05, 0) is 62.1 Å². The molecule has 0 unspecified atom stereocenters. The van der Waals surface area contributed by atoms with Crippen molar-refractivity contribution in [2.24, 2.45) is 5.92 Å². The Morgan fingerprint density at radius 3 is 2.48 bits per heavy atom. The van der Waals surface area contributed by atoms with Gasteiger partial charge in [-0.15, -0.1) is 0 Å². The van der Waals surface area contributed by atoms with Crippen molar-refractivity contribution in [3.05, 3.63) is 41.5 Å². The van der Waals surface area contributed by atoms with Gasteiger partial charge in [0.05, 0.1) is 5.56 Å². The molecule has 0 aliphatic heterocycles. The molecule has 3 nitrogen and oxygen atoms in total. The van der Waals surface area contributed by atoms with Crippen molar-refractivity contribution in [2.45, 2.75) is 58.8 Å². The molecule has 1 aliphatic carbocycles. The van der Waals surface area contributed by atoms with Crippen molar-refractivity contribution >= 4 is 5.97 Å². The Hall–Kier alpha value is -1.35. The molecule has 21 heavy (non-hydrogen) atoms. The van der Waals surface area contributed by atoms with E-state index in [1.165, 1.54) is 18.4 Å². The van der Waals surface area contributed by atoms with Crippen molar-refractivity contribution in [1.29, 1.82) is 0 Å². The van der Waals surface area contributed by atoms with Crippen LogP contribution in [0.15, 0.2) is 24.3 Å². The Labute approximate surface area is 127 Å². The van der Waals surface area contributed by atoms with E-state index in [-0.39, 0.29) is 0 Å². The first-order valence-electron chi connectivity index (χ1n) is 8.01. The number of carbonyl (C=O) groups is 1. The first-order chi connectivity index (χ1) is 10.2. The average Bonchev–Trinajstić information content (AvgIpc) is 2.52. The summed E-state index contributed by atoms with van der Waals surface area (Å²) in [6.07, 6.45) is 8.30. The molecule has 0 saturated heterocycles. The first-order valence-corrected chi connectivity index (χ1v) is 8.01. The van der Waals surface area contributed by atoms with Gasteiger partial charge in [0.25, 0.3) is 0 Å². The van der Waals surface area contributed by atoms with Crippen LogP contribution in [0.4, 0.5) is 0 Å². The van der Waals surface area contributed by atoms with Gasteiger partial charge < -0.3 is 0 Å². The zero-order valence-electron chi connectivity index (χ0n) is 13.1. The third-order valence-corrected chi connectivity index (χ3v) is 4.08. The lowest BCUT2D eigenvalue weighted by molar-refractivity contribution is -0.240. The molecular formula is C18H25O3. The van der Waals surface area contributed by atoms with Gasteiger partial charge in [0.15, 0.2) is 0 Å². The van der Waals surface area contributed by atoms with Gasteiger partial charge in [0, 0.05) is 0 Å². The number of aryl methyl sites for hydroxylation is 1. The van der Waals surface area contributed by atoms with E-state index in [4.69, 9.17) is 9.78 Å². The standard InChI is InChI=1S/C18H25O3/c1-3-4-5-15-8-10-16(11-9-15)18(19)21-20-17-12-6-14(2)7-13-17/h8-11,14H,3-7,12-13H2,1-2H3. The summed E-state index contributed by atoms with van der Waals surface area (Å²) < 4.78 is 0. The Balaban J connectivity index is 1.77. The van der Waals surface area contributed by atoms with E-state index in [0.29, 0.717) is 5.56 Å². The van der Waals surface area contributed by atoms with Crippen LogP contribution in [0.5, 0.6) is 0 Å². The summed E-state index contributed by atoms with van der Waals surface area (Å²) in [5, 5.41) is 0. The molecule has 0 amide bonds. The second-order valence-corrected chi connectivity index (χ2v) is 5.98. The van der Waals surface area contributed by atoms with Crippen molar-refractivity contribution in [3.63, 3.8) is 0 Å². The molecule has 1 radical (unpaired) electrons. The maximum Gasteiger partial charge on any atom is 0.373 e. The van der Waals surface area contributed by atoms with Crippen molar-refractivity contribution in [3.8, 4) is 0 Å². The van der Waals surface area contributed by atoms with Gasteiger partial charge in [-0.1, -0.05) is 32.4 Å². The topological polar surface area (TPSA) is 35.5 Å².